The Morgan fingerprint density at radius 1 is 1.38 bits per heavy atom. The molecule has 1 aromatic rings. The van der Waals surface area contributed by atoms with Crippen molar-refractivity contribution < 1.29 is 5.11 Å². The molecule has 0 saturated carbocycles. The Bertz CT molecular complexity index is 323. The van der Waals surface area contributed by atoms with E-state index in [2.05, 4.69) is 17.1 Å². The zero-order valence-electron chi connectivity index (χ0n) is 9.82. The van der Waals surface area contributed by atoms with E-state index >= 15 is 0 Å². The van der Waals surface area contributed by atoms with E-state index in [0.717, 1.165) is 26.2 Å². The highest BCUT2D eigenvalue weighted by Crippen LogP contribution is 2.12. The summed E-state index contributed by atoms with van der Waals surface area (Å²) in [5.41, 5.74) is 1.27. The number of nitrogens with zero attached hydrogens (tertiary/aromatic N) is 1. The third-order valence-electron chi connectivity index (χ3n) is 3.02. The van der Waals surface area contributed by atoms with Gasteiger partial charge in [-0.15, -0.1) is 0 Å². The molecule has 1 unspecified atom stereocenters. The van der Waals surface area contributed by atoms with Gasteiger partial charge in [0.05, 0.1) is 0 Å². The van der Waals surface area contributed by atoms with Crippen LogP contribution in [0.2, 0.25) is 0 Å². The molecule has 1 aliphatic rings. The van der Waals surface area contributed by atoms with Crippen molar-refractivity contribution in [1.29, 1.82) is 0 Å². The van der Waals surface area contributed by atoms with Crippen molar-refractivity contribution in [2.45, 2.75) is 25.9 Å². The Morgan fingerprint density at radius 3 is 2.88 bits per heavy atom. The highest BCUT2D eigenvalue weighted by atomic mass is 16.3. The summed E-state index contributed by atoms with van der Waals surface area (Å²) >= 11 is 0. The number of nitrogens with one attached hydrogen (secondary N) is 1. The van der Waals surface area contributed by atoms with E-state index in [9.17, 15) is 5.11 Å². The minimum absolute atomic E-state index is 0.342. The van der Waals surface area contributed by atoms with E-state index < -0.39 is 0 Å². The molecule has 2 rings (SSSR count). The van der Waals surface area contributed by atoms with Crippen LogP contribution in [0.4, 0.5) is 0 Å². The number of hydrogen-bond acceptors (Lipinski definition) is 3. The van der Waals surface area contributed by atoms with Crippen LogP contribution in [-0.4, -0.2) is 35.7 Å². The molecule has 3 heteroatoms. The number of phenolic OH excluding ortho intramolecular Hbond substituents is 1. The van der Waals surface area contributed by atoms with Gasteiger partial charge in [0.2, 0.25) is 0 Å². The lowest BCUT2D eigenvalue weighted by molar-refractivity contribution is 0.264. The minimum atomic E-state index is 0.342. The van der Waals surface area contributed by atoms with E-state index in [1.807, 2.05) is 12.1 Å². The normalized spacial score (nSPS) is 22.9. The lowest BCUT2D eigenvalue weighted by atomic mass is 10.2. The topological polar surface area (TPSA) is 35.5 Å². The average Bonchev–Trinajstić information content (AvgIpc) is 2.46. The summed E-state index contributed by atoms with van der Waals surface area (Å²) in [5, 5.41) is 12.7. The quantitative estimate of drug-likeness (QED) is 0.794. The van der Waals surface area contributed by atoms with Crippen molar-refractivity contribution in [3.8, 4) is 5.75 Å². The molecule has 0 amide bonds. The molecule has 0 spiro atoms. The molecule has 2 N–H and O–H groups in total. The Balaban J connectivity index is 1.95. The van der Waals surface area contributed by atoms with Gasteiger partial charge in [-0.3, -0.25) is 4.90 Å². The molecule has 0 bridgehead atoms. The predicted octanol–water partition coefficient (Wildman–Crippen LogP) is 1.58. The van der Waals surface area contributed by atoms with Gasteiger partial charge >= 0.3 is 0 Å². The smallest absolute Gasteiger partial charge is 0.115 e. The maximum absolute atomic E-state index is 9.23. The van der Waals surface area contributed by atoms with Crippen LogP contribution in [-0.2, 0) is 6.54 Å². The van der Waals surface area contributed by atoms with Crippen molar-refractivity contribution in [1.82, 2.24) is 10.2 Å². The van der Waals surface area contributed by atoms with E-state index in [4.69, 9.17) is 0 Å². The summed E-state index contributed by atoms with van der Waals surface area (Å²) in [6.07, 6.45) is 1.21. The molecule has 16 heavy (non-hydrogen) atoms. The van der Waals surface area contributed by atoms with Gasteiger partial charge in [-0.1, -0.05) is 12.1 Å². The van der Waals surface area contributed by atoms with Crippen LogP contribution in [0.25, 0.3) is 0 Å². The maximum atomic E-state index is 9.23. The summed E-state index contributed by atoms with van der Waals surface area (Å²) in [6, 6.07) is 8.08. The highest BCUT2D eigenvalue weighted by Gasteiger charge is 2.13. The van der Waals surface area contributed by atoms with Crippen molar-refractivity contribution in [3.63, 3.8) is 0 Å². The third kappa shape index (κ3) is 3.22. The van der Waals surface area contributed by atoms with Crippen LogP contribution in [0, 0.1) is 0 Å². The van der Waals surface area contributed by atoms with Crippen LogP contribution in [0.1, 0.15) is 18.9 Å². The molecule has 0 radical (unpaired) electrons. The van der Waals surface area contributed by atoms with Gasteiger partial charge in [-0.05, 0) is 44.1 Å². The van der Waals surface area contributed by atoms with Crippen molar-refractivity contribution in [2.24, 2.45) is 0 Å². The number of benzene rings is 1. The van der Waals surface area contributed by atoms with Gasteiger partial charge in [-0.2, -0.15) is 0 Å². The van der Waals surface area contributed by atoms with Crippen LogP contribution in [0.15, 0.2) is 24.3 Å². The first-order valence-corrected chi connectivity index (χ1v) is 5.98. The van der Waals surface area contributed by atoms with Crippen LogP contribution >= 0.6 is 0 Å². The van der Waals surface area contributed by atoms with Gasteiger partial charge in [0.15, 0.2) is 0 Å². The molecule has 1 fully saturated rings. The van der Waals surface area contributed by atoms with Gasteiger partial charge in [0, 0.05) is 19.1 Å². The van der Waals surface area contributed by atoms with Gasteiger partial charge in [0.1, 0.15) is 5.75 Å². The van der Waals surface area contributed by atoms with E-state index in [-0.39, 0.29) is 0 Å². The van der Waals surface area contributed by atoms with E-state index in [1.54, 1.807) is 12.1 Å². The first-order valence-electron chi connectivity index (χ1n) is 5.98. The van der Waals surface area contributed by atoms with Gasteiger partial charge in [0.25, 0.3) is 0 Å². The monoisotopic (exact) mass is 220 g/mol. The second-order valence-corrected chi connectivity index (χ2v) is 4.61. The first kappa shape index (κ1) is 11.4. The highest BCUT2D eigenvalue weighted by molar-refractivity contribution is 5.25. The number of phenols is 1. The van der Waals surface area contributed by atoms with Crippen molar-refractivity contribution in [3.05, 3.63) is 29.8 Å². The molecule has 1 aliphatic heterocycles. The molecule has 3 nitrogen and oxygen atoms in total. The van der Waals surface area contributed by atoms with E-state index in [0.29, 0.717) is 11.8 Å². The fourth-order valence-electron chi connectivity index (χ4n) is 2.20. The first-order chi connectivity index (χ1) is 7.74. The summed E-state index contributed by atoms with van der Waals surface area (Å²) in [5.74, 6) is 0.342. The fraction of sp³-hybridized carbons (Fsp3) is 0.538. The van der Waals surface area contributed by atoms with Crippen LogP contribution in [0.3, 0.4) is 0 Å². The minimum Gasteiger partial charge on any atom is -0.508 e. The molecule has 1 heterocycles. The standard InChI is InChI=1S/C13H20N2O/c1-11-9-15(8-2-7-14-11)10-12-3-5-13(16)6-4-12/h3-6,11,14,16H,2,7-10H2,1H3. The molecular weight excluding hydrogens is 200 g/mol. The molecule has 1 atom stereocenters. The lowest BCUT2D eigenvalue weighted by Crippen LogP contribution is -2.34. The van der Waals surface area contributed by atoms with Gasteiger partial charge in [-0.25, -0.2) is 0 Å². The Hall–Kier alpha value is -1.06. The molecular formula is C13H20N2O. The molecule has 0 aromatic heterocycles. The largest absolute Gasteiger partial charge is 0.508 e. The van der Waals surface area contributed by atoms with E-state index in [1.165, 1.54) is 12.0 Å². The molecule has 1 saturated heterocycles. The molecule has 1 aromatic carbocycles. The van der Waals surface area contributed by atoms with Crippen LogP contribution in [0.5, 0.6) is 5.75 Å². The average molecular weight is 220 g/mol. The summed E-state index contributed by atoms with van der Waals surface area (Å²) in [6.45, 7) is 6.58. The third-order valence-corrected chi connectivity index (χ3v) is 3.02. The van der Waals surface area contributed by atoms with Crippen molar-refractivity contribution >= 4 is 0 Å². The molecule has 88 valence electrons. The SMILES string of the molecule is CC1CN(Cc2ccc(O)cc2)CCCN1. The second-order valence-electron chi connectivity index (χ2n) is 4.61. The molecule has 0 aliphatic carbocycles. The number of aromatic hydroxyl groups is 1. The Morgan fingerprint density at radius 2 is 2.12 bits per heavy atom. The zero-order chi connectivity index (χ0) is 11.4. The number of rotatable bonds is 2. The van der Waals surface area contributed by atoms with Crippen molar-refractivity contribution in [2.75, 3.05) is 19.6 Å². The Labute approximate surface area is 97.1 Å². The fourth-order valence-corrected chi connectivity index (χ4v) is 2.20. The lowest BCUT2D eigenvalue weighted by Gasteiger charge is -2.22. The van der Waals surface area contributed by atoms with Crippen LogP contribution < -0.4 is 5.32 Å². The summed E-state index contributed by atoms with van der Waals surface area (Å²) in [4.78, 5) is 2.47. The predicted molar refractivity (Wildman–Crippen MR) is 65.5 cm³/mol. The maximum Gasteiger partial charge on any atom is 0.115 e. The Kier molecular flexibility index (Phi) is 3.80. The number of hydrogen-bond donors (Lipinski definition) is 2. The second kappa shape index (κ2) is 5.32. The summed E-state index contributed by atoms with van der Waals surface area (Å²) in [7, 11) is 0. The zero-order valence-corrected chi connectivity index (χ0v) is 9.82. The summed E-state index contributed by atoms with van der Waals surface area (Å²) < 4.78 is 0. The van der Waals surface area contributed by atoms with Gasteiger partial charge < -0.3 is 10.4 Å².